The maximum absolute atomic E-state index is 6.33. The van der Waals surface area contributed by atoms with Gasteiger partial charge in [-0.05, 0) is 23.3 Å². The number of benzene rings is 2. The molecular formula is C18H16ClN. The van der Waals surface area contributed by atoms with Crippen molar-refractivity contribution in [3.05, 3.63) is 102 Å². The van der Waals surface area contributed by atoms with Gasteiger partial charge >= 0.3 is 0 Å². The van der Waals surface area contributed by atoms with Crippen LogP contribution in [0, 0.1) is 0 Å². The summed E-state index contributed by atoms with van der Waals surface area (Å²) >= 11 is 6.33. The van der Waals surface area contributed by atoms with E-state index in [-0.39, 0.29) is 5.38 Å². The Morgan fingerprint density at radius 2 is 1.00 bits per heavy atom. The molecule has 20 heavy (non-hydrogen) atoms. The van der Waals surface area contributed by atoms with Crippen LogP contribution >= 0.6 is 11.6 Å². The van der Waals surface area contributed by atoms with Gasteiger partial charge < -0.3 is 0 Å². The molecule has 0 aliphatic carbocycles. The van der Waals surface area contributed by atoms with Gasteiger partial charge in [-0.2, -0.15) is 0 Å². The van der Waals surface area contributed by atoms with Gasteiger partial charge in [-0.25, -0.2) is 0 Å². The highest BCUT2D eigenvalue weighted by atomic mass is 35.5. The van der Waals surface area contributed by atoms with Gasteiger partial charge in [-0.1, -0.05) is 66.7 Å². The fourth-order valence-electron chi connectivity index (χ4n) is 1.75. The van der Waals surface area contributed by atoms with Crippen LogP contribution in [0.15, 0.2) is 91.3 Å². The zero-order valence-electron chi connectivity index (χ0n) is 11.1. The predicted octanol–water partition coefficient (Wildman–Crippen LogP) is 5.10. The number of aromatic nitrogens is 1. The van der Waals surface area contributed by atoms with Crippen LogP contribution in [0.3, 0.4) is 0 Å². The van der Waals surface area contributed by atoms with Crippen LogP contribution in [-0.4, -0.2) is 4.98 Å². The van der Waals surface area contributed by atoms with Crippen molar-refractivity contribution < 1.29 is 0 Å². The molecule has 0 saturated heterocycles. The summed E-state index contributed by atoms with van der Waals surface area (Å²) in [6, 6.07) is 25.9. The van der Waals surface area contributed by atoms with Crippen molar-refractivity contribution in [1.82, 2.24) is 4.98 Å². The number of rotatable bonds is 2. The average Bonchev–Trinajstić information content (AvgIpc) is 2.58. The van der Waals surface area contributed by atoms with E-state index in [1.54, 1.807) is 12.4 Å². The number of alkyl halides is 1. The molecule has 1 aromatic heterocycles. The standard InChI is InChI=1S/C13H11Cl.C5H5N/c14-13(11-7-3-1-4-8-11)12-9-5-2-6-10-12;1-2-4-6-5-3-1/h1-10,13H;1-5H. The van der Waals surface area contributed by atoms with E-state index in [2.05, 4.69) is 4.98 Å². The largest absolute Gasteiger partial charge is 0.265 e. The Balaban J connectivity index is 0.000000205. The molecule has 0 aliphatic rings. The molecule has 2 aromatic carbocycles. The average molecular weight is 282 g/mol. The molecule has 0 saturated carbocycles. The number of hydrogen-bond donors (Lipinski definition) is 0. The van der Waals surface area contributed by atoms with Gasteiger partial charge in [0.2, 0.25) is 0 Å². The Kier molecular flexibility index (Phi) is 5.81. The zero-order chi connectivity index (χ0) is 14.0. The van der Waals surface area contributed by atoms with Crippen molar-refractivity contribution >= 4 is 11.6 Å². The fourth-order valence-corrected chi connectivity index (χ4v) is 2.04. The lowest BCUT2D eigenvalue weighted by molar-refractivity contribution is 1.14. The number of halogens is 1. The Morgan fingerprint density at radius 1 is 0.600 bits per heavy atom. The van der Waals surface area contributed by atoms with Crippen molar-refractivity contribution in [3.63, 3.8) is 0 Å². The van der Waals surface area contributed by atoms with Crippen molar-refractivity contribution in [1.29, 1.82) is 0 Å². The molecular weight excluding hydrogens is 266 g/mol. The summed E-state index contributed by atoms with van der Waals surface area (Å²) in [4.78, 5) is 3.78. The minimum absolute atomic E-state index is 0.0441. The zero-order valence-corrected chi connectivity index (χ0v) is 11.8. The first-order valence-corrected chi connectivity index (χ1v) is 6.90. The Labute approximate surface area is 124 Å². The van der Waals surface area contributed by atoms with Crippen molar-refractivity contribution in [2.75, 3.05) is 0 Å². The van der Waals surface area contributed by atoms with E-state index in [1.807, 2.05) is 78.9 Å². The van der Waals surface area contributed by atoms with Crippen molar-refractivity contribution in [2.45, 2.75) is 5.38 Å². The second-order valence-corrected chi connectivity index (χ2v) is 4.64. The second kappa shape index (κ2) is 8.13. The third-order valence-corrected chi connectivity index (χ3v) is 3.25. The molecule has 0 N–H and O–H groups in total. The smallest absolute Gasteiger partial charge is 0.0835 e. The Morgan fingerprint density at radius 3 is 1.30 bits per heavy atom. The third-order valence-electron chi connectivity index (χ3n) is 2.75. The molecule has 100 valence electrons. The molecule has 0 radical (unpaired) electrons. The Hall–Kier alpha value is -2.12. The van der Waals surface area contributed by atoms with Crippen molar-refractivity contribution in [3.8, 4) is 0 Å². The van der Waals surface area contributed by atoms with Gasteiger partial charge in [-0.15, -0.1) is 11.6 Å². The lowest BCUT2D eigenvalue weighted by Gasteiger charge is -2.09. The van der Waals surface area contributed by atoms with Crippen LogP contribution in [-0.2, 0) is 0 Å². The van der Waals surface area contributed by atoms with Gasteiger partial charge in [0.15, 0.2) is 0 Å². The first kappa shape index (κ1) is 14.3. The van der Waals surface area contributed by atoms with E-state index in [0.717, 1.165) is 11.1 Å². The van der Waals surface area contributed by atoms with E-state index in [9.17, 15) is 0 Å². The van der Waals surface area contributed by atoms with Crippen LogP contribution in [0.4, 0.5) is 0 Å². The van der Waals surface area contributed by atoms with Crippen LogP contribution in [0.5, 0.6) is 0 Å². The van der Waals surface area contributed by atoms with Gasteiger partial charge in [0.1, 0.15) is 0 Å². The van der Waals surface area contributed by atoms with Crippen LogP contribution in [0.2, 0.25) is 0 Å². The van der Waals surface area contributed by atoms with E-state index in [4.69, 9.17) is 11.6 Å². The Bertz CT molecular complexity index is 515. The molecule has 2 heteroatoms. The number of pyridine rings is 1. The minimum atomic E-state index is -0.0441. The lowest BCUT2D eigenvalue weighted by atomic mass is 10.0. The highest BCUT2D eigenvalue weighted by Crippen LogP contribution is 2.27. The molecule has 0 unspecified atom stereocenters. The quantitative estimate of drug-likeness (QED) is 0.596. The predicted molar refractivity (Wildman–Crippen MR) is 84.8 cm³/mol. The van der Waals surface area contributed by atoms with Crippen LogP contribution in [0.1, 0.15) is 16.5 Å². The third kappa shape index (κ3) is 4.52. The summed E-state index contributed by atoms with van der Waals surface area (Å²) in [5.74, 6) is 0. The summed E-state index contributed by atoms with van der Waals surface area (Å²) in [6.45, 7) is 0. The van der Waals surface area contributed by atoms with E-state index in [1.165, 1.54) is 0 Å². The summed E-state index contributed by atoms with van der Waals surface area (Å²) < 4.78 is 0. The molecule has 1 nitrogen and oxygen atoms in total. The van der Waals surface area contributed by atoms with Gasteiger partial charge in [0, 0.05) is 12.4 Å². The molecule has 0 bridgehead atoms. The van der Waals surface area contributed by atoms with Crippen LogP contribution in [0.25, 0.3) is 0 Å². The lowest BCUT2D eigenvalue weighted by Crippen LogP contribution is -1.91. The van der Waals surface area contributed by atoms with E-state index in [0.29, 0.717) is 0 Å². The minimum Gasteiger partial charge on any atom is -0.265 e. The SMILES string of the molecule is ClC(c1ccccc1)c1ccccc1.c1ccncc1. The summed E-state index contributed by atoms with van der Waals surface area (Å²) in [5, 5.41) is -0.0441. The van der Waals surface area contributed by atoms with E-state index < -0.39 is 0 Å². The van der Waals surface area contributed by atoms with Gasteiger partial charge in [0.05, 0.1) is 5.38 Å². The summed E-state index contributed by atoms with van der Waals surface area (Å²) in [6.07, 6.45) is 3.50. The topological polar surface area (TPSA) is 12.9 Å². The molecule has 0 atom stereocenters. The summed E-state index contributed by atoms with van der Waals surface area (Å²) in [7, 11) is 0. The van der Waals surface area contributed by atoms with Gasteiger partial charge in [-0.3, -0.25) is 4.98 Å². The molecule has 3 rings (SSSR count). The van der Waals surface area contributed by atoms with Gasteiger partial charge in [0.25, 0.3) is 0 Å². The summed E-state index contributed by atoms with van der Waals surface area (Å²) in [5.41, 5.74) is 2.28. The maximum Gasteiger partial charge on any atom is 0.0835 e. The molecule has 0 spiro atoms. The molecule has 1 heterocycles. The first-order valence-electron chi connectivity index (χ1n) is 6.47. The van der Waals surface area contributed by atoms with Crippen LogP contribution < -0.4 is 0 Å². The fraction of sp³-hybridized carbons (Fsp3) is 0.0556. The molecule has 3 aromatic rings. The molecule has 0 amide bonds. The molecule has 0 fully saturated rings. The van der Waals surface area contributed by atoms with Crippen molar-refractivity contribution in [2.24, 2.45) is 0 Å². The highest BCUT2D eigenvalue weighted by molar-refractivity contribution is 6.22. The molecule has 0 aliphatic heterocycles. The van der Waals surface area contributed by atoms with E-state index >= 15 is 0 Å². The maximum atomic E-state index is 6.33. The second-order valence-electron chi connectivity index (χ2n) is 4.21. The number of hydrogen-bond acceptors (Lipinski definition) is 1. The normalized spacial score (nSPS) is 9.70. The first-order chi connectivity index (χ1) is 9.88. The monoisotopic (exact) mass is 281 g/mol. The number of nitrogens with zero attached hydrogens (tertiary/aromatic N) is 1. The highest BCUT2D eigenvalue weighted by Gasteiger charge is 2.08.